The summed E-state index contributed by atoms with van der Waals surface area (Å²) in [7, 11) is -8.17. The summed E-state index contributed by atoms with van der Waals surface area (Å²) in [6.07, 6.45) is 0. The number of rotatable bonds is 6. The van der Waals surface area contributed by atoms with E-state index in [1.807, 2.05) is 0 Å². The first-order valence-corrected chi connectivity index (χ1v) is 11.5. The zero-order chi connectivity index (χ0) is 22.9. The monoisotopic (exact) mass is 474 g/mol. The van der Waals surface area contributed by atoms with Crippen LogP contribution in [0.25, 0.3) is 0 Å². The van der Waals surface area contributed by atoms with E-state index in [0.717, 1.165) is 0 Å². The maximum Gasteiger partial charge on any atom is 0.524 e. The summed E-state index contributed by atoms with van der Waals surface area (Å²) < 4.78 is 74.6. The summed E-state index contributed by atoms with van der Waals surface area (Å²) in [4.78, 5) is 0.278. The molecule has 3 aromatic carbocycles. The third-order valence-corrected chi connectivity index (χ3v) is 9.11. The minimum Gasteiger partial charge on any atom is -0.508 e. The van der Waals surface area contributed by atoms with Gasteiger partial charge in [-0.2, -0.15) is 25.2 Å². The van der Waals surface area contributed by atoms with Crippen LogP contribution in [0, 0.1) is 0 Å². The number of phenolic OH excluding ortho intramolecular Hbond substituents is 2. The molecule has 0 aromatic heterocycles. The summed E-state index contributed by atoms with van der Waals surface area (Å²) in [6.45, 7) is 0. The molecular formula is C20H17F3O6S2. The van der Waals surface area contributed by atoms with E-state index < -0.39 is 25.9 Å². The highest BCUT2D eigenvalue weighted by molar-refractivity contribution is 8.33. The highest BCUT2D eigenvalue weighted by Gasteiger charge is 2.52. The Hall–Kier alpha value is -2.89. The Morgan fingerprint density at radius 2 is 1.06 bits per heavy atom. The van der Waals surface area contributed by atoms with Gasteiger partial charge in [0.2, 0.25) is 0 Å². The molecule has 166 valence electrons. The van der Waals surface area contributed by atoms with Crippen LogP contribution in [0.3, 0.4) is 0 Å². The van der Waals surface area contributed by atoms with E-state index >= 15 is 0 Å². The van der Waals surface area contributed by atoms with Crippen LogP contribution in [0.5, 0.6) is 17.2 Å². The molecule has 6 nitrogen and oxygen atoms in total. The number of halogens is 3. The Balaban J connectivity index is 2.39. The van der Waals surface area contributed by atoms with Gasteiger partial charge in [0.1, 0.15) is 17.2 Å². The van der Waals surface area contributed by atoms with Crippen LogP contribution in [0.4, 0.5) is 13.2 Å². The molecule has 0 bridgehead atoms. The van der Waals surface area contributed by atoms with Crippen molar-refractivity contribution in [3.8, 4) is 17.2 Å². The molecule has 0 aliphatic rings. The van der Waals surface area contributed by atoms with Crippen molar-refractivity contribution >= 4 is 20.4 Å². The lowest BCUT2D eigenvalue weighted by Gasteiger charge is -2.39. The molecule has 3 rings (SSSR count). The average molecular weight is 474 g/mol. The number of hydrogen-bond acceptors (Lipinski definition) is 6. The molecule has 0 unspecified atom stereocenters. The van der Waals surface area contributed by atoms with Crippen molar-refractivity contribution in [2.75, 3.05) is 7.11 Å². The zero-order valence-electron chi connectivity index (χ0n) is 15.9. The number of methoxy groups -OCH3 is 1. The van der Waals surface area contributed by atoms with E-state index in [0.29, 0.717) is 5.75 Å². The van der Waals surface area contributed by atoms with Gasteiger partial charge in [-0.15, -0.1) is 0 Å². The smallest absolute Gasteiger partial charge is 0.508 e. The Labute approximate surface area is 178 Å². The van der Waals surface area contributed by atoms with Crippen molar-refractivity contribution in [2.45, 2.75) is 20.2 Å². The second kappa shape index (κ2) is 8.33. The number of ether oxygens (including phenoxy) is 1. The van der Waals surface area contributed by atoms with Crippen LogP contribution < -0.4 is 4.74 Å². The number of hydrogen-bond donors (Lipinski definition) is 2. The first kappa shape index (κ1) is 22.8. The van der Waals surface area contributed by atoms with E-state index in [1.165, 1.54) is 79.9 Å². The third kappa shape index (κ3) is 4.43. The number of benzene rings is 3. The number of phenols is 2. The molecule has 0 amide bonds. The quantitative estimate of drug-likeness (QED) is 0.479. The van der Waals surface area contributed by atoms with Crippen molar-refractivity contribution in [3.05, 3.63) is 72.8 Å². The molecule has 31 heavy (non-hydrogen) atoms. The van der Waals surface area contributed by atoms with Gasteiger partial charge in [0.05, 0.1) is 7.11 Å². The minimum atomic E-state index is -6.05. The Bertz CT molecular complexity index is 1100. The maximum absolute atomic E-state index is 13.4. The fraction of sp³-hybridized carbons (Fsp3) is 0.100. The van der Waals surface area contributed by atoms with E-state index in [4.69, 9.17) is 8.37 Å². The summed E-state index contributed by atoms with van der Waals surface area (Å²) in [5, 5.41) is 19.3. The zero-order valence-corrected chi connectivity index (χ0v) is 17.5. The number of alkyl halides is 3. The van der Waals surface area contributed by atoms with Crippen LogP contribution >= 0.6 is 10.3 Å². The maximum atomic E-state index is 13.4. The molecule has 0 heterocycles. The van der Waals surface area contributed by atoms with Gasteiger partial charge >= 0.3 is 15.6 Å². The van der Waals surface area contributed by atoms with E-state index in [2.05, 4.69) is 0 Å². The SMILES string of the molecule is COc1ccc(S(OS(=O)(=O)C(F)(F)F)(c2ccc(O)cc2)c2ccc(O)cc2)cc1. The van der Waals surface area contributed by atoms with Gasteiger partial charge in [-0.1, -0.05) is 0 Å². The molecule has 0 saturated carbocycles. The highest BCUT2D eigenvalue weighted by atomic mass is 32.3. The average Bonchev–Trinajstić information content (AvgIpc) is 2.72. The van der Waals surface area contributed by atoms with Gasteiger partial charge in [-0.25, -0.2) is 0 Å². The number of aromatic hydroxyl groups is 2. The van der Waals surface area contributed by atoms with Gasteiger partial charge < -0.3 is 14.9 Å². The van der Waals surface area contributed by atoms with Crippen LogP contribution in [0.15, 0.2) is 87.5 Å². The second-order valence-corrected chi connectivity index (χ2v) is 10.6. The summed E-state index contributed by atoms with van der Waals surface area (Å²) in [5.41, 5.74) is -5.68. The van der Waals surface area contributed by atoms with Crippen LogP contribution in [-0.4, -0.2) is 31.2 Å². The van der Waals surface area contributed by atoms with Crippen molar-refractivity contribution in [1.29, 1.82) is 0 Å². The molecule has 0 radical (unpaired) electrons. The molecule has 2 N–H and O–H groups in total. The first-order valence-electron chi connectivity index (χ1n) is 8.57. The standard InChI is InChI=1S/C20H17F3O6S2/c1-28-16-6-12-19(13-7-16)30(17-8-2-14(24)3-9-17,18-10-4-15(25)5-11-18)29-31(26,27)20(21,22)23/h2-13,24-25H,1H3. The highest BCUT2D eigenvalue weighted by Crippen LogP contribution is 2.70. The molecule has 11 heteroatoms. The molecular weight excluding hydrogens is 457 g/mol. The third-order valence-electron chi connectivity index (χ3n) is 4.20. The van der Waals surface area contributed by atoms with E-state index in [-0.39, 0.29) is 26.2 Å². The second-order valence-electron chi connectivity index (χ2n) is 6.19. The van der Waals surface area contributed by atoms with Gasteiger partial charge in [-0.3, -0.25) is 0 Å². The van der Waals surface area contributed by atoms with E-state index in [1.54, 1.807) is 0 Å². The normalized spacial score (nSPS) is 13.0. The minimum absolute atomic E-state index is 0.0778. The molecule has 0 aliphatic carbocycles. The summed E-state index contributed by atoms with van der Waals surface area (Å²) in [6, 6.07) is 15.7. The van der Waals surface area contributed by atoms with Crippen molar-refractivity contribution in [1.82, 2.24) is 0 Å². The molecule has 0 spiro atoms. The Morgan fingerprint density at radius 1 is 0.710 bits per heavy atom. The topological polar surface area (TPSA) is 93.1 Å². The van der Waals surface area contributed by atoms with Gasteiger partial charge in [0.15, 0.2) is 0 Å². The van der Waals surface area contributed by atoms with Crippen LogP contribution in [0.1, 0.15) is 0 Å². The largest absolute Gasteiger partial charge is 0.524 e. The Morgan fingerprint density at radius 3 is 1.39 bits per heavy atom. The molecule has 0 aliphatic heterocycles. The van der Waals surface area contributed by atoms with Crippen LogP contribution in [-0.2, 0) is 13.7 Å². The molecule has 0 saturated heterocycles. The lowest BCUT2D eigenvalue weighted by Crippen LogP contribution is -2.27. The van der Waals surface area contributed by atoms with Gasteiger partial charge in [-0.05, 0) is 83.1 Å². The van der Waals surface area contributed by atoms with Crippen molar-refractivity contribution in [2.24, 2.45) is 0 Å². The Kier molecular flexibility index (Phi) is 6.12. The fourth-order valence-electron chi connectivity index (χ4n) is 2.74. The molecule has 0 atom stereocenters. The van der Waals surface area contributed by atoms with Crippen LogP contribution in [0.2, 0.25) is 0 Å². The van der Waals surface area contributed by atoms with E-state index in [9.17, 15) is 31.8 Å². The summed E-state index contributed by atoms with van der Waals surface area (Å²) >= 11 is 0. The first-order chi connectivity index (χ1) is 14.5. The lowest BCUT2D eigenvalue weighted by atomic mass is 10.3. The lowest BCUT2D eigenvalue weighted by molar-refractivity contribution is -0.0496. The van der Waals surface area contributed by atoms with Gasteiger partial charge in [0, 0.05) is 14.7 Å². The molecule has 0 fully saturated rings. The van der Waals surface area contributed by atoms with Gasteiger partial charge in [0.25, 0.3) is 0 Å². The van der Waals surface area contributed by atoms with Crippen molar-refractivity contribution in [3.63, 3.8) is 0 Å². The fourth-order valence-corrected chi connectivity index (χ4v) is 7.44. The summed E-state index contributed by atoms with van der Waals surface area (Å²) in [5.74, 6) is 0.0551. The molecule has 3 aromatic rings. The predicted molar refractivity (Wildman–Crippen MR) is 108 cm³/mol. The van der Waals surface area contributed by atoms with Crippen molar-refractivity contribution < 1.29 is 40.2 Å². The predicted octanol–water partition coefficient (Wildman–Crippen LogP) is 5.17.